The van der Waals surface area contributed by atoms with Crippen LogP contribution in [-0.4, -0.2) is 17.3 Å². The van der Waals surface area contributed by atoms with E-state index >= 15 is 0 Å². The van der Waals surface area contributed by atoms with Gasteiger partial charge in [-0.25, -0.2) is 13.8 Å². The van der Waals surface area contributed by atoms with Crippen LogP contribution < -0.4 is 4.74 Å². The van der Waals surface area contributed by atoms with Gasteiger partial charge in [0.2, 0.25) is 5.88 Å². The first kappa shape index (κ1) is 12.3. The third kappa shape index (κ3) is 2.63. The minimum Gasteiger partial charge on any atom is -0.481 e. The van der Waals surface area contributed by atoms with E-state index in [0.29, 0.717) is 0 Å². The van der Waals surface area contributed by atoms with E-state index in [2.05, 4.69) is 25.7 Å². The van der Waals surface area contributed by atoms with Crippen LogP contribution in [0.4, 0.5) is 8.78 Å². The van der Waals surface area contributed by atoms with Gasteiger partial charge in [0.15, 0.2) is 0 Å². The van der Waals surface area contributed by atoms with Crippen molar-refractivity contribution in [3.05, 3.63) is 21.8 Å². The van der Waals surface area contributed by atoms with Crippen LogP contribution in [0.5, 0.6) is 5.88 Å². The standard InChI is InChI=1S/C8H5BrClF2NO2/c1-15-8-5(7(11)12)3(9)2-4(13-8)6(10)14/h2,7H,1H3. The molecule has 1 aromatic rings. The second-order valence-corrected chi connectivity index (χ2v) is 3.68. The van der Waals surface area contributed by atoms with Crippen LogP contribution in [0.3, 0.4) is 0 Å². The van der Waals surface area contributed by atoms with Crippen LogP contribution in [0.15, 0.2) is 10.5 Å². The Morgan fingerprint density at radius 1 is 1.67 bits per heavy atom. The van der Waals surface area contributed by atoms with E-state index in [1.54, 1.807) is 0 Å². The molecule has 0 saturated carbocycles. The Labute approximate surface area is 97.5 Å². The number of alkyl halides is 2. The molecule has 0 N–H and O–H groups in total. The van der Waals surface area contributed by atoms with Gasteiger partial charge < -0.3 is 4.74 Å². The van der Waals surface area contributed by atoms with Crippen LogP contribution in [0, 0.1) is 0 Å². The molecule has 0 bridgehead atoms. The number of nitrogens with zero attached hydrogens (tertiary/aromatic N) is 1. The average molecular weight is 300 g/mol. The molecule has 82 valence electrons. The van der Waals surface area contributed by atoms with E-state index in [1.165, 1.54) is 7.11 Å². The number of carbonyl (C=O) groups excluding carboxylic acids is 1. The summed E-state index contributed by atoms with van der Waals surface area (Å²) < 4.78 is 29.8. The number of hydrogen-bond donors (Lipinski definition) is 0. The van der Waals surface area contributed by atoms with Crippen molar-refractivity contribution in [2.75, 3.05) is 7.11 Å². The molecule has 0 amide bonds. The number of pyridine rings is 1. The minimum atomic E-state index is -2.75. The van der Waals surface area contributed by atoms with Crippen LogP contribution in [0.2, 0.25) is 0 Å². The molecular formula is C8H5BrClF2NO2. The highest BCUT2D eigenvalue weighted by molar-refractivity contribution is 9.10. The first-order chi connectivity index (χ1) is 6.97. The molecule has 0 aliphatic rings. The van der Waals surface area contributed by atoms with Crippen LogP contribution >= 0.6 is 27.5 Å². The predicted molar refractivity (Wildman–Crippen MR) is 53.6 cm³/mol. The van der Waals surface area contributed by atoms with Gasteiger partial charge in [0, 0.05) is 4.47 Å². The van der Waals surface area contributed by atoms with Gasteiger partial charge in [-0.05, 0) is 17.7 Å². The summed E-state index contributed by atoms with van der Waals surface area (Å²) in [6.45, 7) is 0. The topological polar surface area (TPSA) is 39.2 Å². The number of halogens is 4. The fourth-order valence-corrected chi connectivity index (χ4v) is 1.61. The Morgan fingerprint density at radius 3 is 2.67 bits per heavy atom. The van der Waals surface area contributed by atoms with Gasteiger partial charge in [0.1, 0.15) is 5.69 Å². The number of rotatable bonds is 3. The monoisotopic (exact) mass is 299 g/mol. The summed E-state index contributed by atoms with van der Waals surface area (Å²) in [6, 6.07) is 1.12. The molecule has 0 unspecified atom stereocenters. The fourth-order valence-electron chi connectivity index (χ4n) is 0.956. The van der Waals surface area contributed by atoms with Crippen molar-refractivity contribution in [3.8, 4) is 5.88 Å². The van der Waals surface area contributed by atoms with Crippen molar-refractivity contribution in [1.29, 1.82) is 0 Å². The van der Waals surface area contributed by atoms with Gasteiger partial charge in [0.05, 0.1) is 12.7 Å². The Kier molecular flexibility index (Phi) is 3.98. The van der Waals surface area contributed by atoms with E-state index in [9.17, 15) is 13.6 Å². The van der Waals surface area contributed by atoms with Crippen molar-refractivity contribution in [2.45, 2.75) is 6.43 Å². The highest BCUT2D eigenvalue weighted by Gasteiger charge is 2.21. The van der Waals surface area contributed by atoms with Gasteiger partial charge in [-0.2, -0.15) is 0 Å². The third-order valence-electron chi connectivity index (χ3n) is 1.59. The first-order valence-corrected chi connectivity index (χ1v) is 4.87. The van der Waals surface area contributed by atoms with Gasteiger partial charge >= 0.3 is 0 Å². The molecule has 15 heavy (non-hydrogen) atoms. The molecule has 1 heterocycles. The zero-order valence-corrected chi connectivity index (χ0v) is 9.77. The summed E-state index contributed by atoms with van der Waals surface area (Å²) in [5, 5.41) is -0.838. The Balaban J connectivity index is 3.37. The summed E-state index contributed by atoms with van der Waals surface area (Å²) in [7, 11) is 1.18. The van der Waals surface area contributed by atoms with Gasteiger partial charge in [-0.3, -0.25) is 4.79 Å². The summed E-state index contributed by atoms with van der Waals surface area (Å²) in [5.74, 6) is -0.316. The lowest BCUT2D eigenvalue weighted by atomic mass is 10.2. The molecule has 1 aromatic heterocycles. The predicted octanol–water partition coefficient (Wildman–Crippen LogP) is 3.17. The maximum atomic E-state index is 12.5. The molecule has 0 saturated heterocycles. The van der Waals surface area contributed by atoms with E-state index in [4.69, 9.17) is 11.6 Å². The lowest BCUT2D eigenvalue weighted by molar-refractivity contribution is 0.107. The number of methoxy groups -OCH3 is 1. The van der Waals surface area contributed by atoms with E-state index in [1.807, 2.05) is 0 Å². The SMILES string of the molecule is COc1nc(C(=O)Cl)cc(Br)c1C(F)F. The zero-order chi connectivity index (χ0) is 11.6. The second kappa shape index (κ2) is 4.85. The molecule has 0 radical (unpaired) electrons. The van der Waals surface area contributed by atoms with Crippen molar-refractivity contribution in [2.24, 2.45) is 0 Å². The van der Waals surface area contributed by atoms with Crippen LogP contribution in [-0.2, 0) is 0 Å². The number of aromatic nitrogens is 1. The van der Waals surface area contributed by atoms with Crippen molar-refractivity contribution >= 4 is 32.8 Å². The molecule has 0 spiro atoms. The lowest BCUT2D eigenvalue weighted by Gasteiger charge is -2.09. The van der Waals surface area contributed by atoms with Gasteiger partial charge in [0.25, 0.3) is 11.7 Å². The molecule has 0 fully saturated rings. The summed E-state index contributed by atoms with van der Waals surface area (Å²) in [5.41, 5.74) is -0.552. The summed E-state index contributed by atoms with van der Waals surface area (Å²) in [4.78, 5) is 14.3. The molecule has 3 nitrogen and oxygen atoms in total. The van der Waals surface area contributed by atoms with Gasteiger partial charge in [-0.1, -0.05) is 15.9 Å². The Morgan fingerprint density at radius 2 is 2.27 bits per heavy atom. The number of hydrogen-bond acceptors (Lipinski definition) is 3. The first-order valence-electron chi connectivity index (χ1n) is 3.69. The average Bonchev–Trinajstić information content (AvgIpc) is 2.15. The highest BCUT2D eigenvalue weighted by Crippen LogP contribution is 2.34. The number of ether oxygens (including phenoxy) is 1. The fraction of sp³-hybridized carbons (Fsp3) is 0.250. The van der Waals surface area contributed by atoms with E-state index < -0.39 is 17.2 Å². The largest absolute Gasteiger partial charge is 0.481 e. The van der Waals surface area contributed by atoms with Crippen molar-refractivity contribution in [1.82, 2.24) is 4.98 Å². The highest BCUT2D eigenvalue weighted by atomic mass is 79.9. The molecule has 0 atom stereocenters. The Hall–Kier alpha value is -0.750. The quantitative estimate of drug-likeness (QED) is 0.805. The smallest absolute Gasteiger partial charge is 0.271 e. The number of carbonyl (C=O) groups is 1. The van der Waals surface area contributed by atoms with Crippen molar-refractivity contribution < 1.29 is 18.3 Å². The molecule has 7 heteroatoms. The molecule has 0 aromatic carbocycles. The maximum Gasteiger partial charge on any atom is 0.271 e. The molecular weight excluding hydrogens is 295 g/mol. The second-order valence-electron chi connectivity index (χ2n) is 2.49. The normalized spacial score (nSPS) is 10.5. The minimum absolute atomic E-state index is 0.0355. The molecule has 1 rings (SSSR count). The molecule has 0 aliphatic carbocycles. The molecule has 0 aliphatic heterocycles. The van der Waals surface area contributed by atoms with Crippen LogP contribution in [0.25, 0.3) is 0 Å². The summed E-state index contributed by atoms with van der Waals surface area (Å²) >= 11 is 8.07. The lowest BCUT2D eigenvalue weighted by Crippen LogP contribution is -2.02. The third-order valence-corrected chi connectivity index (χ3v) is 2.44. The maximum absolute atomic E-state index is 12.5. The zero-order valence-electron chi connectivity index (χ0n) is 7.43. The van der Waals surface area contributed by atoms with Crippen LogP contribution in [0.1, 0.15) is 22.5 Å². The van der Waals surface area contributed by atoms with E-state index in [-0.39, 0.29) is 16.0 Å². The van der Waals surface area contributed by atoms with Gasteiger partial charge in [-0.15, -0.1) is 0 Å². The Bertz CT molecular complexity index is 400. The van der Waals surface area contributed by atoms with E-state index in [0.717, 1.165) is 6.07 Å². The van der Waals surface area contributed by atoms with Crippen molar-refractivity contribution in [3.63, 3.8) is 0 Å². The summed E-state index contributed by atoms with van der Waals surface area (Å²) in [6.07, 6.45) is -2.75.